The van der Waals surface area contributed by atoms with Crippen LogP contribution in [0.1, 0.15) is 17.3 Å². The van der Waals surface area contributed by atoms with Crippen molar-refractivity contribution in [3.63, 3.8) is 0 Å². The van der Waals surface area contributed by atoms with Gasteiger partial charge in [-0.15, -0.1) is 0 Å². The molecule has 136 valence electrons. The lowest BCUT2D eigenvalue weighted by molar-refractivity contribution is -0.149. The Bertz CT molecular complexity index is 840. The van der Waals surface area contributed by atoms with Gasteiger partial charge in [0.2, 0.25) is 0 Å². The van der Waals surface area contributed by atoms with Gasteiger partial charge in [0.1, 0.15) is 11.6 Å². The highest BCUT2D eigenvalue weighted by atomic mass is 35.5. The number of hydrogen-bond acceptors (Lipinski definition) is 5. The molecule has 0 spiro atoms. The van der Waals surface area contributed by atoms with E-state index >= 15 is 0 Å². The molecule has 2 aromatic rings. The van der Waals surface area contributed by atoms with Crippen LogP contribution in [0.5, 0.6) is 5.75 Å². The third-order valence-electron chi connectivity index (χ3n) is 3.17. The van der Waals surface area contributed by atoms with Gasteiger partial charge in [-0.2, -0.15) is 0 Å². The number of amides is 1. The first-order chi connectivity index (χ1) is 12.3. The summed E-state index contributed by atoms with van der Waals surface area (Å²) < 4.78 is 22.9. The van der Waals surface area contributed by atoms with Crippen LogP contribution in [0.4, 0.5) is 10.1 Å². The fourth-order valence-electron chi connectivity index (χ4n) is 1.91. The summed E-state index contributed by atoms with van der Waals surface area (Å²) in [6.45, 7) is 0.439. The minimum atomic E-state index is -0.765. The molecule has 2 aromatic carbocycles. The van der Waals surface area contributed by atoms with Crippen molar-refractivity contribution < 1.29 is 28.2 Å². The number of nitrogens with one attached hydrogen (secondary N) is 1. The lowest BCUT2D eigenvalue weighted by atomic mass is 10.1. The highest BCUT2D eigenvalue weighted by molar-refractivity contribution is 6.33. The van der Waals surface area contributed by atoms with Gasteiger partial charge in [0.15, 0.2) is 19.0 Å². The average molecular weight is 380 g/mol. The molecular weight excluding hydrogens is 365 g/mol. The molecule has 0 aromatic heterocycles. The van der Waals surface area contributed by atoms with E-state index in [0.29, 0.717) is 11.3 Å². The Labute approximate surface area is 153 Å². The topological polar surface area (TPSA) is 81.7 Å². The summed E-state index contributed by atoms with van der Waals surface area (Å²) in [5, 5.41) is 2.42. The van der Waals surface area contributed by atoms with Gasteiger partial charge in [0.25, 0.3) is 5.91 Å². The van der Waals surface area contributed by atoms with E-state index in [0.717, 1.165) is 12.1 Å². The number of esters is 1. The lowest BCUT2D eigenvalue weighted by Crippen LogP contribution is -2.23. The number of hydrogen-bond donors (Lipinski definition) is 1. The van der Waals surface area contributed by atoms with E-state index in [2.05, 4.69) is 5.32 Å². The number of ketones is 1. The maximum absolute atomic E-state index is 12.9. The smallest absolute Gasteiger partial charge is 0.344 e. The summed E-state index contributed by atoms with van der Waals surface area (Å²) in [7, 11) is 0. The molecule has 0 fully saturated rings. The van der Waals surface area contributed by atoms with E-state index in [1.807, 2.05) is 0 Å². The third kappa shape index (κ3) is 5.86. The summed E-state index contributed by atoms with van der Waals surface area (Å²) in [5.74, 6) is -1.74. The molecule has 1 N–H and O–H groups in total. The molecule has 8 heteroatoms. The molecule has 6 nitrogen and oxygen atoms in total. The van der Waals surface area contributed by atoms with Gasteiger partial charge in [-0.05, 0) is 37.3 Å². The largest absolute Gasteiger partial charge is 0.482 e. The second kappa shape index (κ2) is 8.96. The van der Waals surface area contributed by atoms with E-state index in [-0.39, 0.29) is 16.5 Å². The van der Waals surface area contributed by atoms with Crippen molar-refractivity contribution >= 4 is 34.9 Å². The monoisotopic (exact) mass is 379 g/mol. The number of rotatable bonds is 7. The Balaban J connectivity index is 1.78. The zero-order valence-corrected chi connectivity index (χ0v) is 14.5. The zero-order valence-electron chi connectivity index (χ0n) is 13.8. The van der Waals surface area contributed by atoms with E-state index in [9.17, 15) is 18.8 Å². The van der Waals surface area contributed by atoms with Crippen molar-refractivity contribution in [3.05, 3.63) is 58.9 Å². The summed E-state index contributed by atoms with van der Waals surface area (Å²) in [6.07, 6.45) is 0. The Morgan fingerprint density at radius 1 is 1.12 bits per heavy atom. The number of carbonyl (C=O) groups is 3. The number of ether oxygens (including phenoxy) is 2. The summed E-state index contributed by atoms with van der Waals surface area (Å²) in [4.78, 5) is 34.6. The second-order valence-electron chi connectivity index (χ2n) is 5.21. The van der Waals surface area contributed by atoms with Gasteiger partial charge in [0, 0.05) is 5.56 Å². The average Bonchev–Trinajstić information content (AvgIpc) is 2.61. The van der Waals surface area contributed by atoms with Crippen LogP contribution in [0.2, 0.25) is 5.02 Å². The zero-order chi connectivity index (χ0) is 19.1. The van der Waals surface area contributed by atoms with Crippen molar-refractivity contribution in [2.75, 3.05) is 18.5 Å². The van der Waals surface area contributed by atoms with Crippen LogP contribution in [0.3, 0.4) is 0 Å². The maximum Gasteiger partial charge on any atom is 0.344 e. The van der Waals surface area contributed by atoms with Crippen molar-refractivity contribution in [1.82, 2.24) is 0 Å². The molecule has 0 radical (unpaired) electrons. The van der Waals surface area contributed by atoms with Gasteiger partial charge in [-0.3, -0.25) is 9.59 Å². The first kappa shape index (κ1) is 19.4. The number of carbonyl (C=O) groups excluding carboxylic acids is 3. The molecule has 0 aliphatic carbocycles. The van der Waals surface area contributed by atoms with Crippen molar-refractivity contribution in [2.45, 2.75) is 6.92 Å². The fraction of sp³-hybridized carbons (Fsp3) is 0.167. The Kier molecular flexibility index (Phi) is 6.68. The number of benzene rings is 2. The van der Waals surface area contributed by atoms with Crippen LogP contribution in [0, 0.1) is 5.82 Å². The third-order valence-corrected chi connectivity index (χ3v) is 3.48. The van der Waals surface area contributed by atoms with Gasteiger partial charge in [0.05, 0.1) is 10.7 Å². The first-order valence-electron chi connectivity index (χ1n) is 7.49. The van der Waals surface area contributed by atoms with Gasteiger partial charge in [-0.25, -0.2) is 9.18 Å². The van der Waals surface area contributed by atoms with Crippen LogP contribution < -0.4 is 10.1 Å². The molecule has 0 heterocycles. The highest BCUT2D eigenvalue weighted by Crippen LogP contribution is 2.22. The Morgan fingerprint density at radius 2 is 1.88 bits per heavy atom. The number of Topliss-reactive ketones (excluding diaryl/α,β-unsaturated/α-hetero) is 1. The predicted molar refractivity (Wildman–Crippen MR) is 92.9 cm³/mol. The molecule has 2 rings (SSSR count). The molecule has 26 heavy (non-hydrogen) atoms. The second-order valence-corrected chi connectivity index (χ2v) is 5.61. The Morgan fingerprint density at radius 3 is 2.58 bits per heavy atom. The van der Waals surface area contributed by atoms with Crippen molar-refractivity contribution in [1.29, 1.82) is 0 Å². The van der Waals surface area contributed by atoms with Crippen LogP contribution in [-0.4, -0.2) is 30.9 Å². The van der Waals surface area contributed by atoms with Crippen LogP contribution in [-0.2, 0) is 14.3 Å². The number of halogens is 2. The highest BCUT2D eigenvalue weighted by Gasteiger charge is 2.11. The van der Waals surface area contributed by atoms with Gasteiger partial charge >= 0.3 is 5.97 Å². The SMILES string of the molecule is CC(=O)c1cccc(OCC(=O)OCC(=O)Nc2ccc(F)cc2Cl)c1. The van der Waals surface area contributed by atoms with Crippen molar-refractivity contribution in [2.24, 2.45) is 0 Å². The molecule has 0 bridgehead atoms. The van der Waals surface area contributed by atoms with E-state index in [4.69, 9.17) is 21.1 Å². The van der Waals surface area contributed by atoms with Crippen molar-refractivity contribution in [3.8, 4) is 5.75 Å². The molecular formula is C18H15ClFNO5. The lowest BCUT2D eigenvalue weighted by Gasteiger charge is -2.09. The van der Waals surface area contributed by atoms with Crippen LogP contribution >= 0.6 is 11.6 Å². The van der Waals surface area contributed by atoms with Gasteiger partial charge < -0.3 is 14.8 Å². The Hall–Kier alpha value is -2.93. The van der Waals surface area contributed by atoms with E-state index < -0.39 is 30.9 Å². The fourth-order valence-corrected chi connectivity index (χ4v) is 2.13. The normalized spacial score (nSPS) is 10.1. The maximum atomic E-state index is 12.9. The van der Waals surface area contributed by atoms with Crippen LogP contribution in [0.25, 0.3) is 0 Å². The molecule has 0 atom stereocenters. The quantitative estimate of drug-likeness (QED) is 0.590. The number of anilines is 1. The molecule has 1 amide bonds. The first-order valence-corrected chi connectivity index (χ1v) is 7.87. The molecule has 0 saturated heterocycles. The predicted octanol–water partition coefficient (Wildman–Crippen LogP) is 3.24. The molecule has 0 aliphatic rings. The summed E-state index contributed by atoms with van der Waals surface area (Å²) in [6, 6.07) is 9.81. The van der Waals surface area contributed by atoms with Crippen LogP contribution in [0.15, 0.2) is 42.5 Å². The van der Waals surface area contributed by atoms with E-state index in [1.54, 1.807) is 18.2 Å². The molecule has 0 aliphatic heterocycles. The molecule has 0 saturated carbocycles. The molecule has 0 unspecified atom stereocenters. The van der Waals surface area contributed by atoms with E-state index in [1.165, 1.54) is 19.1 Å². The standard InChI is InChI=1S/C18H15ClFNO5/c1-11(22)12-3-2-4-14(7-12)25-10-18(24)26-9-17(23)21-16-6-5-13(20)8-15(16)19/h2-8H,9-10H2,1H3,(H,21,23). The minimum Gasteiger partial charge on any atom is -0.482 e. The summed E-state index contributed by atoms with van der Waals surface area (Å²) >= 11 is 5.78. The van der Waals surface area contributed by atoms with Gasteiger partial charge in [-0.1, -0.05) is 23.7 Å². The summed E-state index contributed by atoms with van der Waals surface area (Å²) in [5.41, 5.74) is 0.651. The minimum absolute atomic E-state index is 0.0263.